The van der Waals surface area contributed by atoms with Crippen LogP contribution >= 0.6 is 35.6 Å². The highest BCUT2D eigenvalue weighted by atomic mass is 35.5. The zero-order chi connectivity index (χ0) is 16.3. The van der Waals surface area contributed by atoms with E-state index < -0.39 is 0 Å². The predicted octanol–water partition coefficient (Wildman–Crippen LogP) is 4.34. The van der Waals surface area contributed by atoms with E-state index in [2.05, 4.69) is 10.6 Å². The zero-order valence-corrected chi connectivity index (χ0v) is 16.1. The fourth-order valence-corrected chi connectivity index (χ4v) is 4.61. The van der Waals surface area contributed by atoms with Crippen molar-refractivity contribution in [3.63, 3.8) is 0 Å². The number of carbonyl (C=O) groups excluding carboxylic acids is 1. The van der Waals surface area contributed by atoms with Gasteiger partial charge in [-0.3, -0.25) is 4.79 Å². The first-order valence-corrected chi connectivity index (χ1v) is 9.30. The van der Waals surface area contributed by atoms with Crippen molar-refractivity contribution in [2.24, 2.45) is 5.92 Å². The fraction of sp³-hybridized carbons (Fsp3) is 0.611. The van der Waals surface area contributed by atoms with Gasteiger partial charge in [-0.2, -0.15) is 0 Å². The first kappa shape index (κ1) is 19.8. The van der Waals surface area contributed by atoms with Gasteiger partial charge >= 0.3 is 0 Å². The highest BCUT2D eigenvalue weighted by molar-refractivity contribution is 6.35. The fourth-order valence-electron chi connectivity index (χ4n) is 4.00. The highest BCUT2D eigenvalue weighted by Crippen LogP contribution is 2.44. The third-order valence-electron chi connectivity index (χ3n) is 5.37. The third-order valence-corrected chi connectivity index (χ3v) is 5.92. The van der Waals surface area contributed by atoms with Crippen LogP contribution in [0.3, 0.4) is 0 Å². The lowest BCUT2D eigenvalue weighted by Gasteiger charge is -2.32. The molecule has 0 unspecified atom stereocenters. The van der Waals surface area contributed by atoms with Crippen LogP contribution in [0.5, 0.6) is 0 Å². The quantitative estimate of drug-likeness (QED) is 0.801. The molecule has 0 radical (unpaired) electrons. The second-order valence-corrected chi connectivity index (χ2v) is 7.70. The van der Waals surface area contributed by atoms with Crippen molar-refractivity contribution in [3.05, 3.63) is 33.8 Å². The summed E-state index contributed by atoms with van der Waals surface area (Å²) in [6, 6.07) is 5.75. The second-order valence-electron chi connectivity index (χ2n) is 6.85. The number of benzene rings is 1. The summed E-state index contributed by atoms with van der Waals surface area (Å²) in [5, 5.41) is 7.90. The lowest BCUT2D eigenvalue weighted by Crippen LogP contribution is -2.44. The number of piperidine rings is 1. The predicted molar refractivity (Wildman–Crippen MR) is 102 cm³/mol. The Morgan fingerprint density at radius 1 is 1.21 bits per heavy atom. The van der Waals surface area contributed by atoms with Crippen molar-refractivity contribution in [2.45, 2.75) is 43.9 Å². The molecule has 2 N–H and O–H groups in total. The minimum Gasteiger partial charge on any atom is -0.355 e. The molecule has 24 heavy (non-hydrogen) atoms. The molecule has 3 rings (SSSR count). The summed E-state index contributed by atoms with van der Waals surface area (Å²) in [5.41, 5.74) is 1.09. The maximum atomic E-state index is 12.5. The molecular weight excluding hydrogens is 367 g/mol. The molecular formula is C18H25Cl3N2O. The Labute approximate surface area is 160 Å². The van der Waals surface area contributed by atoms with E-state index in [0.717, 1.165) is 49.4 Å². The Morgan fingerprint density at radius 2 is 1.88 bits per heavy atom. The van der Waals surface area contributed by atoms with E-state index in [1.807, 2.05) is 18.2 Å². The standard InChI is InChI=1S/C18H24Cl2N2O.ClH/c19-14-3-4-15(16(20)11-14)18(7-1-2-8-18)12-22-17(23)13-5-9-21-10-6-13;/h3-4,11,13,21H,1-2,5-10,12H2,(H,22,23);1H. The smallest absolute Gasteiger partial charge is 0.223 e. The average molecular weight is 392 g/mol. The summed E-state index contributed by atoms with van der Waals surface area (Å²) < 4.78 is 0. The van der Waals surface area contributed by atoms with Crippen molar-refractivity contribution < 1.29 is 4.79 Å². The summed E-state index contributed by atoms with van der Waals surface area (Å²) in [6.45, 7) is 2.55. The summed E-state index contributed by atoms with van der Waals surface area (Å²) in [6.07, 6.45) is 6.37. The molecule has 134 valence electrons. The van der Waals surface area contributed by atoms with Crippen LogP contribution in [0.4, 0.5) is 0 Å². The Bertz CT molecular complexity index is 567. The molecule has 1 aliphatic carbocycles. The lowest BCUT2D eigenvalue weighted by atomic mass is 9.78. The molecule has 6 heteroatoms. The third kappa shape index (κ3) is 4.37. The largest absolute Gasteiger partial charge is 0.355 e. The van der Waals surface area contributed by atoms with Crippen molar-refractivity contribution in [1.29, 1.82) is 0 Å². The van der Waals surface area contributed by atoms with Crippen molar-refractivity contribution in [3.8, 4) is 0 Å². The molecule has 2 aliphatic rings. The van der Waals surface area contributed by atoms with Crippen LogP contribution in [0.1, 0.15) is 44.1 Å². The minimum atomic E-state index is -0.0375. The molecule has 0 atom stereocenters. The molecule has 1 saturated heterocycles. The first-order valence-electron chi connectivity index (χ1n) is 8.55. The van der Waals surface area contributed by atoms with E-state index >= 15 is 0 Å². The Balaban J connectivity index is 0.00000208. The number of halogens is 3. The van der Waals surface area contributed by atoms with Crippen molar-refractivity contribution >= 4 is 41.5 Å². The second kappa shape index (κ2) is 8.75. The summed E-state index contributed by atoms with van der Waals surface area (Å²) >= 11 is 12.5. The molecule has 0 aromatic heterocycles. The van der Waals surface area contributed by atoms with Gasteiger partial charge in [-0.05, 0) is 56.5 Å². The van der Waals surface area contributed by atoms with E-state index in [-0.39, 0.29) is 29.6 Å². The normalized spacial score (nSPS) is 20.4. The van der Waals surface area contributed by atoms with E-state index in [4.69, 9.17) is 23.2 Å². The van der Waals surface area contributed by atoms with E-state index in [0.29, 0.717) is 11.6 Å². The van der Waals surface area contributed by atoms with Crippen LogP contribution < -0.4 is 10.6 Å². The zero-order valence-electron chi connectivity index (χ0n) is 13.7. The van der Waals surface area contributed by atoms with Gasteiger partial charge < -0.3 is 10.6 Å². The highest BCUT2D eigenvalue weighted by Gasteiger charge is 2.38. The van der Waals surface area contributed by atoms with Crippen LogP contribution in [-0.2, 0) is 10.2 Å². The van der Waals surface area contributed by atoms with E-state index in [9.17, 15) is 4.79 Å². The van der Waals surface area contributed by atoms with Crippen LogP contribution in [0.15, 0.2) is 18.2 Å². The summed E-state index contributed by atoms with van der Waals surface area (Å²) in [5.74, 6) is 0.346. The maximum absolute atomic E-state index is 12.5. The van der Waals surface area contributed by atoms with Gasteiger partial charge in [0.2, 0.25) is 5.91 Å². The van der Waals surface area contributed by atoms with Crippen LogP contribution in [0.2, 0.25) is 10.0 Å². The number of carbonyl (C=O) groups is 1. The SMILES string of the molecule is Cl.O=C(NCC1(c2ccc(Cl)cc2Cl)CCCC1)C1CCNCC1. The van der Waals surface area contributed by atoms with Gasteiger partial charge in [0.25, 0.3) is 0 Å². The van der Waals surface area contributed by atoms with Crippen LogP contribution in [0, 0.1) is 5.92 Å². The van der Waals surface area contributed by atoms with Crippen molar-refractivity contribution in [1.82, 2.24) is 10.6 Å². The number of hydrogen-bond donors (Lipinski definition) is 2. The van der Waals surface area contributed by atoms with E-state index in [1.165, 1.54) is 12.8 Å². The molecule has 1 saturated carbocycles. The molecule has 1 aliphatic heterocycles. The Hall–Kier alpha value is -0.480. The van der Waals surface area contributed by atoms with E-state index in [1.54, 1.807) is 0 Å². The van der Waals surface area contributed by atoms with Gasteiger partial charge in [-0.25, -0.2) is 0 Å². The van der Waals surface area contributed by atoms with Gasteiger partial charge in [0.1, 0.15) is 0 Å². The molecule has 1 aromatic carbocycles. The molecule has 1 aromatic rings. The summed E-state index contributed by atoms with van der Waals surface area (Å²) in [7, 11) is 0. The van der Waals surface area contributed by atoms with Crippen LogP contribution in [0.25, 0.3) is 0 Å². The molecule has 1 heterocycles. The molecule has 1 amide bonds. The first-order chi connectivity index (χ1) is 11.1. The van der Waals surface area contributed by atoms with Crippen molar-refractivity contribution in [2.75, 3.05) is 19.6 Å². The molecule has 3 nitrogen and oxygen atoms in total. The number of amides is 1. The molecule has 2 fully saturated rings. The average Bonchev–Trinajstić information content (AvgIpc) is 3.03. The lowest BCUT2D eigenvalue weighted by molar-refractivity contribution is -0.126. The molecule has 0 spiro atoms. The number of nitrogens with one attached hydrogen (secondary N) is 2. The Morgan fingerprint density at radius 3 is 2.50 bits per heavy atom. The maximum Gasteiger partial charge on any atom is 0.223 e. The van der Waals surface area contributed by atoms with Crippen LogP contribution in [-0.4, -0.2) is 25.5 Å². The summed E-state index contributed by atoms with van der Waals surface area (Å²) in [4.78, 5) is 12.5. The monoisotopic (exact) mass is 390 g/mol. The topological polar surface area (TPSA) is 41.1 Å². The van der Waals surface area contributed by atoms with Gasteiger partial charge in [0, 0.05) is 27.9 Å². The van der Waals surface area contributed by atoms with Gasteiger partial charge in [0.05, 0.1) is 0 Å². The number of rotatable bonds is 4. The molecule has 0 bridgehead atoms. The van der Waals surface area contributed by atoms with Gasteiger partial charge in [-0.15, -0.1) is 12.4 Å². The Kier molecular flexibility index (Phi) is 7.23. The number of hydrogen-bond acceptors (Lipinski definition) is 2. The van der Waals surface area contributed by atoms with Gasteiger partial charge in [0.15, 0.2) is 0 Å². The minimum absolute atomic E-state index is 0. The van der Waals surface area contributed by atoms with Gasteiger partial charge in [-0.1, -0.05) is 42.1 Å².